The SMILES string of the molecule is COc1ccc(CNc2ncc(F)cc2C(=O)O)cc1. The molecule has 20 heavy (non-hydrogen) atoms. The Hall–Kier alpha value is -2.63. The van der Waals surface area contributed by atoms with E-state index in [0.29, 0.717) is 6.54 Å². The van der Waals surface area contributed by atoms with Crippen molar-refractivity contribution in [3.8, 4) is 5.75 Å². The largest absolute Gasteiger partial charge is 0.497 e. The summed E-state index contributed by atoms with van der Waals surface area (Å²) in [5, 5.41) is 11.9. The first-order valence-electron chi connectivity index (χ1n) is 5.86. The van der Waals surface area contributed by atoms with Crippen LogP contribution in [-0.2, 0) is 6.54 Å². The van der Waals surface area contributed by atoms with E-state index in [2.05, 4.69) is 10.3 Å². The second-order valence-corrected chi connectivity index (χ2v) is 4.06. The van der Waals surface area contributed by atoms with Crippen molar-refractivity contribution in [3.63, 3.8) is 0 Å². The van der Waals surface area contributed by atoms with Crippen LogP contribution in [0.1, 0.15) is 15.9 Å². The van der Waals surface area contributed by atoms with E-state index in [1.165, 1.54) is 0 Å². The summed E-state index contributed by atoms with van der Waals surface area (Å²) >= 11 is 0. The average Bonchev–Trinajstić information content (AvgIpc) is 2.46. The molecule has 1 heterocycles. The molecule has 6 heteroatoms. The van der Waals surface area contributed by atoms with Gasteiger partial charge in [0.15, 0.2) is 0 Å². The molecule has 1 aromatic carbocycles. The second-order valence-electron chi connectivity index (χ2n) is 4.06. The van der Waals surface area contributed by atoms with Crippen LogP contribution in [0.3, 0.4) is 0 Å². The van der Waals surface area contributed by atoms with Crippen molar-refractivity contribution in [2.75, 3.05) is 12.4 Å². The molecule has 2 aromatic rings. The van der Waals surface area contributed by atoms with E-state index < -0.39 is 11.8 Å². The summed E-state index contributed by atoms with van der Waals surface area (Å²) in [6.07, 6.45) is 0.975. The maximum absolute atomic E-state index is 13.0. The Morgan fingerprint density at radius 2 is 2.10 bits per heavy atom. The lowest BCUT2D eigenvalue weighted by molar-refractivity contribution is 0.0697. The number of benzene rings is 1. The quantitative estimate of drug-likeness (QED) is 0.878. The fraction of sp³-hybridized carbons (Fsp3) is 0.143. The van der Waals surface area contributed by atoms with Crippen molar-refractivity contribution in [2.45, 2.75) is 6.54 Å². The van der Waals surface area contributed by atoms with Gasteiger partial charge in [0.05, 0.1) is 13.3 Å². The van der Waals surface area contributed by atoms with Crippen LogP contribution in [0.4, 0.5) is 10.2 Å². The Bertz CT molecular complexity index is 614. The van der Waals surface area contributed by atoms with Crippen LogP contribution in [0, 0.1) is 5.82 Å². The van der Waals surface area contributed by atoms with Gasteiger partial charge in [0, 0.05) is 6.54 Å². The molecule has 104 valence electrons. The number of rotatable bonds is 5. The zero-order chi connectivity index (χ0) is 14.5. The zero-order valence-electron chi connectivity index (χ0n) is 10.8. The van der Waals surface area contributed by atoms with Gasteiger partial charge in [-0.3, -0.25) is 0 Å². The first-order chi connectivity index (χ1) is 9.60. The zero-order valence-corrected chi connectivity index (χ0v) is 10.8. The lowest BCUT2D eigenvalue weighted by atomic mass is 10.2. The molecule has 2 rings (SSSR count). The lowest BCUT2D eigenvalue weighted by Gasteiger charge is -2.09. The minimum Gasteiger partial charge on any atom is -0.497 e. The molecule has 0 bridgehead atoms. The van der Waals surface area contributed by atoms with Gasteiger partial charge in [0.25, 0.3) is 0 Å². The highest BCUT2D eigenvalue weighted by atomic mass is 19.1. The Morgan fingerprint density at radius 1 is 1.40 bits per heavy atom. The first kappa shape index (κ1) is 13.8. The van der Waals surface area contributed by atoms with E-state index in [1.54, 1.807) is 19.2 Å². The number of nitrogens with one attached hydrogen (secondary N) is 1. The van der Waals surface area contributed by atoms with Crippen LogP contribution >= 0.6 is 0 Å². The van der Waals surface area contributed by atoms with Gasteiger partial charge in [-0.05, 0) is 23.8 Å². The van der Waals surface area contributed by atoms with E-state index >= 15 is 0 Å². The summed E-state index contributed by atoms with van der Waals surface area (Å²) in [6.45, 7) is 0.378. The number of methoxy groups -OCH3 is 1. The van der Waals surface area contributed by atoms with E-state index in [0.717, 1.165) is 23.6 Å². The molecule has 0 amide bonds. The van der Waals surface area contributed by atoms with Gasteiger partial charge in [0.1, 0.15) is 22.9 Å². The second kappa shape index (κ2) is 6.01. The third-order valence-corrected chi connectivity index (χ3v) is 2.70. The number of carboxylic acid groups (broad SMARTS) is 1. The van der Waals surface area contributed by atoms with Gasteiger partial charge in [-0.25, -0.2) is 14.2 Å². The smallest absolute Gasteiger partial charge is 0.339 e. The average molecular weight is 276 g/mol. The standard InChI is InChI=1S/C14H13FN2O3/c1-20-11-4-2-9(3-5-11)7-16-13-12(14(18)19)6-10(15)8-17-13/h2-6,8H,7H2,1H3,(H,16,17)(H,18,19). The summed E-state index contributed by atoms with van der Waals surface area (Å²) < 4.78 is 18.0. The normalized spacial score (nSPS) is 10.1. The highest BCUT2D eigenvalue weighted by Gasteiger charge is 2.12. The van der Waals surface area contributed by atoms with E-state index in [1.807, 2.05) is 12.1 Å². The summed E-state index contributed by atoms with van der Waals surface area (Å²) in [5.74, 6) is -1.04. The van der Waals surface area contributed by atoms with Crippen molar-refractivity contribution in [3.05, 3.63) is 53.5 Å². The van der Waals surface area contributed by atoms with Gasteiger partial charge < -0.3 is 15.2 Å². The van der Waals surface area contributed by atoms with E-state index in [-0.39, 0.29) is 11.4 Å². The van der Waals surface area contributed by atoms with Gasteiger partial charge >= 0.3 is 5.97 Å². The summed E-state index contributed by atoms with van der Waals surface area (Å²) in [4.78, 5) is 14.8. The molecule has 0 aliphatic carbocycles. The number of halogens is 1. The summed E-state index contributed by atoms with van der Waals surface area (Å²) in [6, 6.07) is 8.22. The molecular formula is C14H13FN2O3. The molecule has 0 saturated carbocycles. The van der Waals surface area contributed by atoms with Crippen LogP contribution in [0.15, 0.2) is 36.5 Å². The summed E-state index contributed by atoms with van der Waals surface area (Å²) in [5.41, 5.74) is 0.728. The number of hydrogen-bond donors (Lipinski definition) is 2. The fourth-order valence-electron chi connectivity index (χ4n) is 1.67. The summed E-state index contributed by atoms with van der Waals surface area (Å²) in [7, 11) is 1.58. The number of hydrogen-bond acceptors (Lipinski definition) is 4. The predicted octanol–water partition coefficient (Wildman–Crippen LogP) is 2.54. The van der Waals surface area contributed by atoms with Gasteiger partial charge in [-0.2, -0.15) is 0 Å². The molecule has 0 unspecified atom stereocenters. The molecule has 0 radical (unpaired) electrons. The van der Waals surface area contributed by atoms with Gasteiger partial charge in [-0.1, -0.05) is 12.1 Å². The Kier molecular flexibility index (Phi) is 4.14. The number of ether oxygens (including phenoxy) is 1. The monoisotopic (exact) mass is 276 g/mol. The van der Waals surface area contributed by atoms with E-state index in [9.17, 15) is 9.18 Å². The Balaban J connectivity index is 2.12. The highest BCUT2D eigenvalue weighted by molar-refractivity contribution is 5.93. The van der Waals surface area contributed by atoms with Crippen molar-refractivity contribution < 1.29 is 19.0 Å². The number of aromatic carboxylic acids is 1. The topological polar surface area (TPSA) is 71.5 Å². The lowest BCUT2D eigenvalue weighted by Crippen LogP contribution is -2.09. The number of pyridine rings is 1. The highest BCUT2D eigenvalue weighted by Crippen LogP contribution is 2.16. The molecule has 1 aromatic heterocycles. The van der Waals surface area contributed by atoms with Crippen LogP contribution in [0.5, 0.6) is 5.75 Å². The minimum atomic E-state index is -1.23. The van der Waals surface area contributed by atoms with Gasteiger partial charge in [-0.15, -0.1) is 0 Å². The van der Waals surface area contributed by atoms with Crippen molar-refractivity contribution in [1.82, 2.24) is 4.98 Å². The Labute approximate surface area is 115 Å². The third kappa shape index (κ3) is 3.23. The van der Waals surface area contributed by atoms with Crippen LogP contribution in [0.25, 0.3) is 0 Å². The number of carbonyl (C=O) groups is 1. The maximum atomic E-state index is 13.0. The maximum Gasteiger partial charge on any atom is 0.339 e. The fourth-order valence-corrected chi connectivity index (χ4v) is 1.67. The predicted molar refractivity (Wildman–Crippen MR) is 71.5 cm³/mol. The molecule has 0 aliphatic rings. The molecule has 5 nitrogen and oxygen atoms in total. The molecule has 0 fully saturated rings. The molecule has 0 aliphatic heterocycles. The van der Waals surface area contributed by atoms with Crippen molar-refractivity contribution in [1.29, 1.82) is 0 Å². The van der Waals surface area contributed by atoms with E-state index in [4.69, 9.17) is 9.84 Å². The first-order valence-corrected chi connectivity index (χ1v) is 5.86. The Morgan fingerprint density at radius 3 is 2.70 bits per heavy atom. The molecule has 0 spiro atoms. The van der Waals surface area contributed by atoms with Crippen LogP contribution in [-0.4, -0.2) is 23.2 Å². The molecule has 0 atom stereocenters. The molecular weight excluding hydrogens is 263 g/mol. The van der Waals surface area contributed by atoms with Gasteiger partial charge in [0.2, 0.25) is 0 Å². The molecule has 0 saturated heterocycles. The van der Waals surface area contributed by atoms with Crippen molar-refractivity contribution in [2.24, 2.45) is 0 Å². The number of aromatic nitrogens is 1. The van der Waals surface area contributed by atoms with Crippen LogP contribution in [0.2, 0.25) is 0 Å². The minimum absolute atomic E-state index is 0.134. The number of anilines is 1. The number of carboxylic acids is 1. The molecule has 2 N–H and O–H groups in total. The number of nitrogens with zero attached hydrogens (tertiary/aromatic N) is 1. The third-order valence-electron chi connectivity index (χ3n) is 2.70. The van der Waals surface area contributed by atoms with Crippen molar-refractivity contribution >= 4 is 11.8 Å². The van der Waals surface area contributed by atoms with Crippen LogP contribution < -0.4 is 10.1 Å².